The van der Waals surface area contributed by atoms with E-state index in [1.54, 1.807) is 0 Å². The molecule has 1 spiro atoms. The van der Waals surface area contributed by atoms with Gasteiger partial charge in [0.25, 0.3) is 0 Å². The number of cyclic esters (lactones) is 1. The number of hydrogen-bond acceptors (Lipinski definition) is 12. The SMILES string of the molecule is C[C@H]1O[C@H](O[C@@H]2C[C@H](O)[C@]34C(=O)O[C@@H]5C[C@]6(C)[C@H](C7=CC(=O)OC7)CC[C@]6(O)[C@H](CC[C@]3(O)C2)[C@H]54)[C@@H](O)[C@@H](O)[C@H]1O. The van der Waals surface area contributed by atoms with Gasteiger partial charge in [-0.2, -0.15) is 0 Å². The Morgan fingerprint density at radius 1 is 1.00 bits per heavy atom. The summed E-state index contributed by atoms with van der Waals surface area (Å²) in [4.78, 5) is 25.7. The van der Waals surface area contributed by atoms with Gasteiger partial charge in [-0.1, -0.05) is 6.92 Å². The molecule has 0 aromatic rings. The van der Waals surface area contributed by atoms with Crippen LogP contribution in [-0.2, 0) is 28.5 Å². The van der Waals surface area contributed by atoms with Gasteiger partial charge in [-0.25, -0.2) is 4.79 Å². The second kappa shape index (κ2) is 8.95. The lowest BCUT2D eigenvalue weighted by Crippen LogP contribution is -2.73. The molecule has 4 saturated carbocycles. The molecule has 0 amide bonds. The number of aliphatic hydroxyl groups excluding tert-OH is 4. The Labute approximate surface area is 237 Å². The zero-order valence-electron chi connectivity index (χ0n) is 23.2. The molecule has 0 bridgehead atoms. The molecular weight excluding hydrogens is 540 g/mol. The maximum absolute atomic E-state index is 13.8. The summed E-state index contributed by atoms with van der Waals surface area (Å²) in [5.41, 5.74) is -4.41. The van der Waals surface area contributed by atoms with Crippen LogP contribution >= 0.6 is 0 Å². The molecule has 7 aliphatic rings. The quantitative estimate of drug-likeness (QED) is 0.178. The van der Waals surface area contributed by atoms with E-state index in [9.17, 15) is 40.2 Å². The zero-order valence-corrected chi connectivity index (χ0v) is 23.2. The summed E-state index contributed by atoms with van der Waals surface area (Å²) in [6.45, 7) is 3.71. The molecule has 12 nitrogen and oxygen atoms in total. The predicted molar refractivity (Wildman–Crippen MR) is 135 cm³/mol. The molecule has 0 radical (unpaired) electrons. The Balaban J connectivity index is 1.19. The molecule has 12 heteroatoms. The summed E-state index contributed by atoms with van der Waals surface area (Å²) >= 11 is 0. The van der Waals surface area contributed by atoms with Crippen LogP contribution in [0.25, 0.3) is 0 Å². The fraction of sp³-hybridized carbons (Fsp3) is 0.862. The first-order valence-corrected chi connectivity index (χ1v) is 14.8. The van der Waals surface area contributed by atoms with E-state index in [2.05, 4.69) is 0 Å². The second-order valence-corrected chi connectivity index (χ2v) is 13.9. The normalized spacial score (nSPS) is 57.8. The number of hydrogen-bond donors (Lipinski definition) is 6. The second-order valence-electron chi connectivity index (χ2n) is 13.9. The Kier molecular flexibility index (Phi) is 6.14. The highest BCUT2D eigenvalue weighted by Gasteiger charge is 2.81. The molecule has 3 heterocycles. The van der Waals surface area contributed by atoms with Crippen LogP contribution in [0.5, 0.6) is 0 Å². The first kappa shape index (κ1) is 28.1. The number of ether oxygens (including phenoxy) is 4. The monoisotopic (exact) mass is 580 g/mol. The van der Waals surface area contributed by atoms with Crippen LogP contribution in [-0.4, -0.2) is 109 Å². The molecule has 0 unspecified atom stereocenters. The molecule has 228 valence electrons. The molecule has 6 N–H and O–H groups in total. The van der Waals surface area contributed by atoms with E-state index in [1.807, 2.05) is 6.92 Å². The van der Waals surface area contributed by atoms with Crippen LogP contribution in [0.15, 0.2) is 11.6 Å². The van der Waals surface area contributed by atoms with Crippen molar-refractivity contribution in [2.75, 3.05) is 6.61 Å². The topological polar surface area (TPSA) is 192 Å². The minimum atomic E-state index is -1.71. The number of carbonyl (C=O) groups is 2. The number of rotatable bonds is 3. The minimum absolute atomic E-state index is 0.0423. The van der Waals surface area contributed by atoms with Gasteiger partial charge in [-0.15, -0.1) is 0 Å². The van der Waals surface area contributed by atoms with Gasteiger partial charge >= 0.3 is 11.9 Å². The summed E-state index contributed by atoms with van der Waals surface area (Å²) in [7, 11) is 0. The van der Waals surface area contributed by atoms with Crippen molar-refractivity contribution in [2.24, 2.45) is 28.6 Å². The third-order valence-corrected chi connectivity index (χ3v) is 12.2. The molecule has 3 aliphatic heterocycles. The van der Waals surface area contributed by atoms with Gasteiger partial charge in [0, 0.05) is 30.3 Å². The van der Waals surface area contributed by atoms with Gasteiger partial charge in [0.1, 0.15) is 36.4 Å². The maximum Gasteiger partial charge on any atom is 0.331 e. The van der Waals surface area contributed by atoms with Crippen LogP contribution in [0, 0.1) is 28.6 Å². The van der Waals surface area contributed by atoms with Gasteiger partial charge in [0.2, 0.25) is 0 Å². The van der Waals surface area contributed by atoms with Crippen molar-refractivity contribution < 1.29 is 59.2 Å². The van der Waals surface area contributed by atoms with Crippen molar-refractivity contribution in [3.8, 4) is 0 Å². The molecule has 15 atom stereocenters. The smallest absolute Gasteiger partial charge is 0.331 e. The van der Waals surface area contributed by atoms with Crippen molar-refractivity contribution in [3.63, 3.8) is 0 Å². The molecule has 4 aliphatic carbocycles. The number of carbonyl (C=O) groups excluding carboxylic acids is 2. The zero-order chi connectivity index (χ0) is 29.3. The van der Waals surface area contributed by atoms with Crippen molar-refractivity contribution in [1.29, 1.82) is 0 Å². The summed E-state index contributed by atoms with van der Waals surface area (Å²) < 4.78 is 22.7. The lowest BCUT2D eigenvalue weighted by Gasteiger charge is -2.64. The van der Waals surface area contributed by atoms with Gasteiger partial charge in [0.05, 0.1) is 29.5 Å². The maximum atomic E-state index is 13.8. The minimum Gasteiger partial charge on any atom is -0.461 e. The first-order valence-electron chi connectivity index (χ1n) is 14.8. The Morgan fingerprint density at radius 2 is 1.76 bits per heavy atom. The van der Waals surface area contributed by atoms with Crippen LogP contribution in [0.2, 0.25) is 0 Å². The fourth-order valence-corrected chi connectivity index (χ4v) is 10.4. The van der Waals surface area contributed by atoms with E-state index in [0.29, 0.717) is 25.7 Å². The Bertz CT molecular complexity index is 1170. The third-order valence-electron chi connectivity index (χ3n) is 12.2. The number of esters is 2. The van der Waals surface area contributed by atoms with E-state index >= 15 is 0 Å². The summed E-state index contributed by atoms with van der Waals surface area (Å²) in [6, 6.07) is 0. The van der Waals surface area contributed by atoms with E-state index in [1.165, 1.54) is 13.0 Å². The molecule has 7 rings (SSSR count). The molecular formula is C29H40O12. The van der Waals surface area contributed by atoms with Crippen molar-refractivity contribution >= 4 is 11.9 Å². The van der Waals surface area contributed by atoms with Gasteiger partial charge in [-0.05, 0) is 56.4 Å². The average molecular weight is 581 g/mol. The molecule has 2 saturated heterocycles. The van der Waals surface area contributed by atoms with Crippen molar-refractivity contribution in [3.05, 3.63) is 11.6 Å². The largest absolute Gasteiger partial charge is 0.461 e. The highest BCUT2D eigenvalue weighted by molar-refractivity contribution is 5.85. The highest BCUT2D eigenvalue weighted by atomic mass is 16.7. The van der Waals surface area contributed by atoms with Crippen molar-refractivity contribution in [1.82, 2.24) is 0 Å². The third kappa shape index (κ3) is 3.44. The van der Waals surface area contributed by atoms with Gasteiger partial charge < -0.3 is 49.6 Å². The first-order chi connectivity index (χ1) is 19.3. The number of fused-ring (bicyclic) bond motifs is 2. The van der Waals surface area contributed by atoms with Crippen LogP contribution in [0.1, 0.15) is 58.8 Å². The average Bonchev–Trinajstić information content (AvgIpc) is 3.54. The molecule has 0 aromatic carbocycles. The van der Waals surface area contributed by atoms with Crippen LogP contribution in [0.4, 0.5) is 0 Å². The Hall–Kier alpha value is -1.64. The number of aliphatic hydroxyl groups is 6. The highest BCUT2D eigenvalue weighted by Crippen LogP contribution is 2.73. The van der Waals surface area contributed by atoms with Crippen LogP contribution < -0.4 is 0 Å². The van der Waals surface area contributed by atoms with E-state index in [-0.39, 0.29) is 31.8 Å². The van der Waals surface area contributed by atoms with Gasteiger partial charge in [0.15, 0.2) is 6.29 Å². The van der Waals surface area contributed by atoms with E-state index in [4.69, 9.17) is 18.9 Å². The summed E-state index contributed by atoms with van der Waals surface area (Å²) in [5.74, 6) is -2.23. The summed E-state index contributed by atoms with van der Waals surface area (Å²) in [5, 5.41) is 67.1. The standard InChI is InChI=1S/C29H40O12/c1-12-21(32)22(33)23(34)24(39-12)40-14-8-18(30)29-20-16(3-5-27(29,36)9-14)28(37)6-4-15(13-7-19(31)38-11-13)26(28,2)10-17(20)41-25(29)35/h7,12,14-18,20-24,30,32-34,36-37H,3-6,8-11H2,1-2H3/t12-,14-,15+,16-,17-,18+,20-,21+,22+,23+,24-,26-,27+,28+,29+/m1/s1. The molecule has 41 heavy (non-hydrogen) atoms. The summed E-state index contributed by atoms with van der Waals surface area (Å²) in [6.07, 6.45) is -5.91. The lowest BCUT2D eigenvalue weighted by atomic mass is 9.41. The fourth-order valence-electron chi connectivity index (χ4n) is 10.4. The lowest BCUT2D eigenvalue weighted by molar-refractivity contribution is -0.324. The predicted octanol–water partition coefficient (Wildman–Crippen LogP) is -0.943. The Morgan fingerprint density at radius 3 is 2.46 bits per heavy atom. The van der Waals surface area contributed by atoms with Crippen molar-refractivity contribution in [2.45, 2.75) is 119 Å². The van der Waals surface area contributed by atoms with Crippen LogP contribution in [0.3, 0.4) is 0 Å². The molecule has 6 fully saturated rings. The molecule has 0 aromatic heterocycles. The van der Waals surface area contributed by atoms with E-state index in [0.717, 1.165) is 5.57 Å². The van der Waals surface area contributed by atoms with Gasteiger partial charge in [-0.3, -0.25) is 4.79 Å². The van der Waals surface area contributed by atoms with E-state index < -0.39 is 94.8 Å².